The maximum Gasteiger partial charge on any atom is 0.241 e. The Morgan fingerprint density at radius 3 is 2.62 bits per heavy atom. The van der Waals surface area contributed by atoms with E-state index < -0.39 is 0 Å². The number of carbonyl (C=O) groups is 1. The molecule has 0 bridgehead atoms. The highest BCUT2D eigenvalue weighted by Gasteiger charge is 2.35. The number of para-hydroxylation sites is 1. The minimum absolute atomic E-state index is 0.0889. The van der Waals surface area contributed by atoms with Gasteiger partial charge in [-0.25, -0.2) is 9.07 Å². The summed E-state index contributed by atoms with van der Waals surface area (Å²) in [6, 6.07) is 14.3. The quantitative estimate of drug-likeness (QED) is 0.767. The van der Waals surface area contributed by atoms with E-state index in [1.807, 2.05) is 36.4 Å². The molecule has 5 nitrogen and oxygen atoms in total. The van der Waals surface area contributed by atoms with Gasteiger partial charge in [0.15, 0.2) is 0 Å². The number of nitrogens with one attached hydrogen (secondary N) is 1. The van der Waals surface area contributed by atoms with Crippen LogP contribution in [0.25, 0.3) is 11.0 Å². The summed E-state index contributed by atoms with van der Waals surface area (Å²) in [6.07, 6.45) is 4.26. The first-order valence-electron chi connectivity index (χ1n) is 8.97. The zero-order chi connectivity index (χ0) is 18.0. The molecule has 0 aliphatic heterocycles. The van der Waals surface area contributed by atoms with Crippen LogP contribution in [0, 0.1) is 5.82 Å². The van der Waals surface area contributed by atoms with Crippen LogP contribution < -0.4 is 5.32 Å². The molecule has 3 aromatic rings. The molecule has 0 radical (unpaired) electrons. The first kappa shape index (κ1) is 16.7. The van der Waals surface area contributed by atoms with Gasteiger partial charge in [-0.1, -0.05) is 42.3 Å². The van der Waals surface area contributed by atoms with Gasteiger partial charge in [0.05, 0.1) is 5.52 Å². The zero-order valence-electron chi connectivity index (χ0n) is 14.5. The molecule has 1 fully saturated rings. The Morgan fingerprint density at radius 1 is 1.12 bits per heavy atom. The molecular weight excluding hydrogens is 331 g/mol. The number of nitrogens with zero attached hydrogens (tertiary/aromatic N) is 3. The molecule has 134 valence electrons. The fourth-order valence-corrected chi connectivity index (χ4v) is 3.92. The predicted octanol–water partition coefficient (Wildman–Crippen LogP) is 3.20. The molecule has 0 spiro atoms. The van der Waals surface area contributed by atoms with Crippen LogP contribution in [0.3, 0.4) is 0 Å². The van der Waals surface area contributed by atoms with Gasteiger partial charge in [-0.3, -0.25) is 4.79 Å². The number of fused-ring (bicyclic) bond motifs is 1. The Hall–Kier alpha value is -2.76. The average Bonchev–Trinajstić information content (AvgIpc) is 3.29. The molecule has 4 rings (SSSR count). The van der Waals surface area contributed by atoms with Crippen LogP contribution in [0.5, 0.6) is 0 Å². The minimum atomic E-state index is -0.232. The lowest BCUT2D eigenvalue weighted by Crippen LogP contribution is -2.40. The topological polar surface area (TPSA) is 59.8 Å². The first-order valence-corrected chi connectivity index (χ1v) is 8.97. The van der Waals surface area contributed by atoms with E-state index in [0.29, 0.717) is 6.54 Å². The summed E-state index contributed by atoms with van der Waals surface area (Å²) in [5.74, 6) is -0.321. The van der Waals surface area contributed by atoms with Gasteiger partial charge in [-0.15, -0.1) is 5.10 Å². The largest absolute Gasteiger partial charge is 0.354 e. The van der Waals surface area contributed by atoms with E-state index in [9.17, 15) is 9.18 Å². The lowest BCUT2D eigenvalue weighted by atomic mass is 9.79. The number of aromatic nitrogens is 3. The first-order chi connectivity index (χ1) is 12.7. The number of hydrogen-bond donors (Lipinski definition) is 1. The molecule has 1 aromatic heterocycles. The summed E-state index contributed by atoms with van der Waals surface area (Å²) in [5.41, 5.74) is 2.62. The normalized spacial score (nSPS) is 16.0. The lowest BCUT2D eigenvalue weighted by Gasteiger charge is -2.30. The third-order valence-corrected chi connectivity index (χ3v) is 5.35. The molecule has 2 aromatic carbocycles. The summed E-state index contributed by atoms with van der Waals surface area (Å²) in [4.78, 5) is 12.5. The Kier molecular flexibility index (Phi) is 4.41. The molecule has 0 atom stereocenters. The van der Waals surface area contributed by atoms with Crippen LogP contribution in [0.15, 0.2) is 48.5 Å². The zero-order valence-corrected chi connectivity index (χ0v) is 14.5. The fraction of sp³-hybridized carbons (Fsp3) is 0.350. The van der Waals surface area contributed by atoms with Crippen molar-refractivity contribution in [1.82, 2.24) is 20.3 Å². The highest BCUT2D eigenvalue weighted by Crippen LogP contribution is 2.40. The Morgan fingerprint density at radius 2 is 1.85 bits per heavy atom. The van der Waals surface area contributed by atoms with Crippen LogP contribution in [-0.4, -0.2) is 27.4 Å². The SMILES string of the molecule is O=C(Cn1nnc2ccccc21)NCC1(c2ccc(F)cc2)CCCC1. The number of carbonyl (C=O) groups excluding carboxylic acids is 1. The Bertz CT molecular complexity index is 913. The third-order valence-electron chi connectivity index (χ3n) is 5.35. The van der Waals surface area contributed by atoms with Gasteiger partial charge in [0.1, 0.15) is 17.9 Å². The van der Waals surface area contributed by atoms with Crippen LogP contribution in [-0.2, 0) is 16.8 Å². The van der Waals surface area contributed by atoms with E-state index in [1.165, 1.54) is 12.1 Å². The van der Waals surface area contributed by atoms with Crippen LogP contribution >= 0.6 is 0 Å². The number of halogens is 1. The van der Waals surface area contributed by atoms with E-state index in [-0.39, 0.29) is 23.7 Å². The molecule has 26 heavy (non-hydrogen) atoms. The van der Waals surface area contributed by atoms with E-state index in [1.54, 1.807) is 4.68 Å². The lowest BCUT2D eigenvalue weighted by molar-refractivity contribution is -0.122. The van der Waals surface area contributed by atoms with E-state index >= 15 is 0 Å². The monoisotopic (exact) mass is 352 g/mol. The molecule has 0 saturated heterocycles. The second kappa shape index (κ2) is 6.86. The Balaban J connectivity index is 1.46. The minimum Gasteiger partial charge on any atom is -0.354 e. The van der Waals surface area contributed by atoms with Crippen molar-refractivity contribution in [3.8, 4) is 0 Å². The number of amides is 1. The van der Waals surface area contributed by atoms with Crippen LogP contribution in [0.2, 0.25) is 0 Å². The van der Waals surface area contributed by atoms with Crippen molar-refractivity contribution in [3.63, 3.8) is 0 Å². The molecule has 1 aliphatic carbocycles. The highest BCUT2D eigenvalue weighted by atomic mass is 19.1. The summed E-state index contributed by atoms with van der Waals surface area (Å²) >= 11 is 0. The van der Waals surface area contributed by atoms with E-state index in [4.69, 9.17) is 0 Å². The summed E-state index contributed by atoms with van der Waals surface area (Å²) < 4.78 is 14.9. The van der Waals surface area contributed by atoms with Crippen molar-refractivity contribution in [3.05, 3.63) is 59.9 Å². The maximum absolute atomic E-state index is 13.3. The molecule has 1 amide bonds. The number of hydrogen-bond acceptors (Lipinski definition) is 3. The third kappa shape index (κ3) is 3.19. The standard InChI is InChI=1S/C20H21FN4O/c21-16-9-7-15(8-10-16)20(11-3-4-12-20)14-22-19(26)13-25-18-6-2-1-5-17(18)23-24-25/h1-2,5-10H,3-4,11-14H2,(H,22,26). The predicted molar refractivity (Wildman–Crippen MR) is 97.1 cm³/mol. The molecule has 1 saturated carbocycles. The van der Waals surface area contributed by atoms with Gasteiger partial charge in [0.25, 0.3) is 0 Å². The molecule has 1 heterocycles. The number of rotatable bonds is 5. The van der Waals surface area contributed by atoms with Gasteiger partial charge < -0.3 is 5.32 Å². The average molecular weight is 352 g/mol. The molecule has 1 N–H and O–H groups in total. The smallest absolute Gasteiger partial charge is 0.241 e. The Labute approximate surface area is 151 Å². The van der Waals surface area contributed by atoms with Crippen molar-refractivity contribution in [2.75, 3.05) is 6.54 Å². The van der Waals surface area contributed by atoms with E-state index in [0.717, 1.165) is 42.3 Å². The highest BCUT2D eigenvalue weighted by molar-refractivity contribution is 5.79. The van der Waals surface area contributed by atoms with Crippen molar-refractivity contribution in [1.29, 1.82) is 0 Å². The second-order valence-corrected chi connectivity index (χ2v) is 7.01. The van der Waals surface area contributed by atoms with Crippen molar-refractivity contribution >= 4 is 16.9 Å². The molecular formula is C20H21FN4O. The summed E-state index contributed by atoms with van der Waals surface area (Å²) in [5, 5.41) is 11.2. The van der Waals surface area contributed by atoms with Crippen molar-refractivity contribution in [2.24, 2.45) is 0 Å². The van der Waals surface area contributed by atoms with E-state index in [2.05, 4.69) is 15.6 Å². The van der Waals surface area contributed by atoms with Gasteiger partial charge in [-0.2, -0.15) is 0 Å². The second-order valence-electron chi connectivity index (χ2n) is 7.01. The number of benzene rings is 2. The fourth-order valence-electron chi connectivity index (χ4n) is 3.92. The van der Waals surface area contributed by atoms with Gasteiger partial charge >= 0.3 is 0 Å². The van der Waals surface area contributed by atoms with Crippen LogP contribution in [0.4, 0.5) is 4.39 Å². The van der Waals surface area contributed by atoms with Crippen molar-refractivity contribution < 1.29 is 9.18 Å². The summed E-state index contributed by atoms with van der Waals surface area (Å²) in [6.45, 7) is 0.699. The van der Waals surface area contributed by atoms with Gasteiger partial charge in [-0.05, 0) is 42.7 Å². The van der Waals surface area contributed by atoms with Gasteiger partial charge in [0.2, 0.25) is 5.91 Å². The molecule has 1 aliphatic rings. The van der Waals surface area contributed by atoms with Crippen molar-refractivity contribution in [2.45, 2.75) is 37.6 Å². The molecule has 0 unspecified atom stereocenters. The molecule has 6 heteroatoms. The summed E-state index contributed by atoms with van der Waals surface area (Å²) in [7, 11) is 0. The maximum atomic E-state index is 13.3. The van der Waals surface area contributed by atoms with Gasteiger partial charge in [0, 0.05) is 12.0 Å². The van der Waals surface area contributed by atoms with Crippen LogP contribution in [0.1, 0.15) is 31.2 Å².